The van der Waals surface area contributed by atoms with Gasteiger partial charge in [-0.1, -0.05) is 19.8 Å². The maximum absolute atomic E-state index is 8.44. The van der Waals surface area contributed by atoms with Gasteiger partial charge in [0.15, 0.2) is 0 Å². The summed E-state index contributed by atoms with van der Waals surface area (Å²) in [7, 11) is 0. The summed E-state index contributed by atoms with van der Waals surface area (Å²) in [6, 6.07) is 2.21. The molecule has 0 aromatic carbocycles. The molecule has 0 N–H and O–H groups in total. The Morgan fingerprint density at radius 2 is 2.07 bits per heavy atom. The third-order valence-electron chi connectivity index (χ3n) is 3.17. The van der Waals surface area contributed by atoms with Crippen molar-refractivity contribution in [3.05, 3.63) is 0 Å². The van der Waals surface area contributed by atoms with Crippen LogP contribution in [0.4, 0.5) is 0 Å². The smallest absolute Gasteiger partial charge is 0.0622 e. The van der Waals surface area contributed by atoms with E-state index < -0.39 is 0 Å². The first-order valence-electron chi connectivity index (χ1n) is 5.96. The number of piperidine rings is 1. The lowest BCUT2D eigenvalue weighted by atomic mass is 9.92. The molecule has 0 aromatic rings. The molecule has 1 rings (SSSR count). The summed E-state index contributed by atoms with van der Waals surface area (Å²) >= 11 is 0. The zero-order valence-electron chi connectivity index (χ0n) is 9.34. The molecule has 0 amide bonds. The monoisotopic (exact) mass is 194 g/mol. The summed E-state index contributed by atoms with van der Waals surface area (Å²) in [6.45, 7) is 5.93. The van der Waals surface area contributed by atoms with Crippen molar-refractivity contribution in [3.8, 4) is 6.07 Å². The van der Waals surface area contributed by atoms with E-state index in [9.17, 15) is 0 Å². The number of hydrogen-bond acceptors (Lipinski definition) is 2. The molecule has 1 heterocycles. The molecule has 0 aromatic heterocycles. The molecule has 1 fully saturated rings. The second kappa shape index (κ2) is 6.84. The minimum absolute atomic E-state index is 0.717. The molecular weight excluding hydrogens is 172 g/mol. The number of nitriles is 1. The summed E-state index contributed by atoms with van der Waals surface area (Å²) in [5.41, 5.74) is 0. The maximum Gasteiger partial charge on any atom is 0.0622 e. The molecule has 0 saturated carbocycles. The van der Waals surface area contributed by atoms with Gasteiger partial charge in [0.2, 0.25) is 0 Å². The lowest BCUT2D eigenvalue weighted by Gasteiger charge is -2.31. The molecule has 2 heteroatoms. The predicted molar refractivity (Wildman–Crippen MR) is 58.9 cm³/mol. The SMILES string of the molecule is CCCC1CCN(CCCC#N)CC1. The van der Waals surface area contributed by atoms with Crippen LogP contribution in [0.25, 0.3) is 0 Å². The second-order valence-corrected chi connectivity index (χ2v) is 4.34. The van der Waals surface area contributed by atoms with Crippen LogP contribution in [-0.2, 0) is 0 Å². The number of nitrogens with zero attached hydrogens (tertiary/aromatic N) is 2. The minimum Gasteiger partial charge on any atom is -0.303 e. The first kappa shape index (κ1) is 11.5. The molecule has 2 nitrogen and oxygen atoms in total. The van der Waals surface area contributed by atoms with Gasteiger partial charge in [-0.25, -0.2) is 0 Å². The fraction of sp³-hybridized carbons (Fsp3) is 0.917. The average molecular weight is 194 g/mol. The van der Waals surface area contributed by atoms with Gasteiger partial charge in [-0.15, -0.1) is 0 Å². The molecule has 0 radical (unpaired) electrons. The van der Waals surface area contributed by atoms with E-state index in [1.165, 1.54) is 38.8 Å². The van der Waals surface area contributed by atoms with Crippen LogP contribution in [0.2, 0.25) is 0 Å². The fourth-order valence-corrected chi connectivity index (χ4v) is 2.29. The van der Waals surface area contributed by atoms with Gasteiger partial charge >= 0.3 is 0 Å². The number of hydrogen-bond donors (Lipinski definition) is 0. The van der Waals surface area contributed by atoms with Crippen molar-refractivity contribution in [3.63, 3.8) is 0 Å². The molecule has 1 aliphatic rings. The molecule has 1 saturated heterocycles. The topological polar surface area (TPSA) is 27.0 Å². The fourth-order valence-electron chi connectivity index (χ4n) is 2.29. The van der Waals surface area contributed by atoms with E-state index >= 15 is 0 Å². The van der Waals surface area contributed by atoms with Crippen molar-refractivity contribution in [2.75, 3.05) is 19.6 Å². The molecule has 14 heavy (non-hydrogen) atoms. The predicted octanol–water partition coefficient (Wildman–Crippen LogP) is 2.80. The second-order valence-electron chi connectivity index (χ2n) is 4.34. The van der Waals surface area contributed by atoms with Gasteiger partial charge in [0.05, 0.1) is 6.07 Å². The Bertz CT molecular complexity index is 175. The van der Waals surface area contributed by atoms with Crippen LogP contribution in [0.1, 0.15) is 45.4 Å². The van der Waals surface area contributed by atoms with Crippen molar-refractivity contribution < 1.29 is 0 Å². The number of unbranched alkanes of at least 4 members (excludes halogenated alkanes) is 1. The first-order valence-corrected chi connectivity index (χ1v) is 5.96. The van der Waals surface area contributed by atoms with Crippen molar-refractivity contribution in [1.82, 2.24) is 4.90 Å². The van der Waals surface area contributed by atoms with Crippen LogP contribution < -0.4 is 0 Å². The molecule has 0 atom stereocenters. The Morgan fingerprint density at radius 1 is 1.36 bits per heavy atom. The molecule has 0 unspecified atom stereocenters. The van der Waals surface area contributed by atoms with Crippen molar-refractivity contribution >= 4 is 0 Å². The Morgan fingerprint density at radius 3 is 2.64 bits per heavy atom. The summed E-state index contributed by atoms with van der Waals surface area (Å²) in [6.07, 6.45) is 7.26. The third-order valence-corrected chi connectivity index (χ3v) is 3.17. The highest BCUT2D eigenvalue weighted by Gasteiger charge is 2.17. The van der Waals surface area contributed by atoms with Gasteiger partial charge in [-0.3, -0.25) is 0 Å². The molecule has 0 spiro atoms. The van der Waals surface area contributed by atoms with E-state index in [1.807, 2.05) is 0 Å². The molecule has 0 aliphatic carbocycles. The Balaban J connectivity index is 2.07. The highest BCUT2D eigenvalue weighted by Crippen LogP contribution is 2.21. The van der Waals surface area contributed by atoms with Crippen LogP contribution in [0, 0.1) is 17.2 Å². The van der Waals surface area contributed by atoms with Crippen molar-refractivity contribution in [2.24, 2.45) is 5.92 Å². The quantitative estimate of drug-likeness (QED) is 0.629. The first-order chi connectivity index (χ1) is 6.86. The zero-order chi connectivity index (χ0) is 10.2. The largest absolute Gasteiger partial charge is 0.303 e. The molecular formula is C12H22N2. The van der Waals surface area contributed by atoms with Crippen molar-refractivity contribution in [2.45, 2.75) is 45.4 Å². The van der Waals surface area contributed by atoms with Gasteiger partial charge in [0, 0.05) is 6.42 Å². The van der Waals surface area contributed by atoms with Gasteiger partial charge < -0.3 is 4.90 Å². The lowest BCUT2D eigenvalue weighted by molar-refractivity contribution is 0.177. The van der Waals surface area contributed by atoms with E-state index in [-0.39, 0.29) is 0 Å². The Labute approximate surface area is 87.9 Å². The van der Waals surface area contributed by atoms with E-state index in [1.54, 1.807) is 0 Å². The molecule has 0 bridgehead atoms. The Hall–Kier alpha value is -0.550. The number of rotatable bonds is 5. The molecule has 1 aliphatic heterocycles. The average Bonchev–Trinajstić information content (AvgIpc) is 2.21. The van der Waals surface area contributed by atoms with Crippen LogP contribution in [0.5, 0.6) is 0 Å². The zero-order valence-corrected chi connectivity index (χ0v) is 9.34. The van der Waals surface area contributed by atoms with Crippen molar-refractivity contribution in [1.29, 1.82) is 5.26 Å². The Kier molecular flexibility index (Phi) is 5.63. The maximum atomic E-state index is 8.44. The van der Waals surface area contributed by atoms with Crippen LogP contribution in [0.15, 0.2) is 0 Å². The number of likely N-dealkylation sites (tertiary alicyclic amines) is 1. The van der Waals surface area contributed by atoms with Gasteiger partial charge in [-0.05, 0) is 44.8 Å². The van der Waals surface area contributed by atoms with E-state index in [0.717, 1.165) is 25.3 Å². The van der Waals surface area contributed by atoms with Crippen LogP contribution in [-0.4, -0.2) is 24.5 Å². The van der Waals surface area contributed by atoms with E-state index in [4.69, 9.17) is 5.26 Å². The van der Waals surface area contributed by atoms with Gasteiger partial charge in [0.1, 0.15) is 0 Å². The highest BCUT2D eigenvalue weighted by molar-refractivity contribution is 4.74. The summed E-state index contributed by atoms with van der Waals surface area (Å²) in [5, 5.41) is 8.44. The van der Waals surface area contributed by atoms with Gasteiger partial charge in [0.25, 0.3) is 0 Å². The minimum atomic E-state index is 0.717. The normalized spacial score (nSPS) is 19.4. The lowest BCUT2D eigenvalue weighted by Crippen LogP contribution is -2.34. The van der Waals surface area contributed by atoms with E-state index in [2.05, 4.69) is 17.9 Å². The standard InChI is InChI=1S/C12H22N2/c1-2-5-12-6-10-14(11-7-12)9-4-3-8-13/h12H,2-7,9-11H2,1H3. The van der Waals surface area contributed by atoms with E-state index in [0.29, 0.717) is 0 Å². The summed E-state index contributed by atoms with van der Waals surface area (Å²) < 4.78 is 0. The van der Waals surface area contributed by atoms with Crippen LogP contribution >= 0.6 is 0 Å². The summed E-state index contributed by atoms with van der Waals surface area (Å²) in [5.74, 6) is 0.979. The van der Waals surface area contributed by atoms with Crippen LogP contribution in [0.3, 0.4) is 0 Å². The summed E-state index contributed by atoms with van der Waals surface area (Å²) in [4.78, 5) is 2.52. The van der Waals surface area contributed by atoms with Gasteiger partial charge in [-0.2, -0.15) is 5.26 Å². The highest BCUT2D eigenvalue weighted by atomic mass is 15.1. The third kappa shape index (κ3) is 4.11. The molecule has 80 valence electrons.